The number of halogens is 5. The van der Waals surface area contributed by atoms with Crippen molar-refractivity contribution in [2.45, 2.75) is 41.9 Å². The van der Waals surface area contributed by atoms with Crippen LogP contribution < -0.4 is 0 Å². The van der Waals surface area contributed by atoms with Gasteiger partial charge in [-0.1, -0.05) is 5.57 Å². The predicted octanol–water partition coefficient (Wildman–Crippen LogP) is 5.29. The van der Waals surface area contributed by atoms with E-state index in [1.54, 1.807) is 6.08 Å². The summed E-state index contributed by atoms with van der Waals surface area (Å²) in [5, 5.41) is 4.84. The summed E-state index contributed by atoms with van der Waals surface area (Å²) in [6.45, 7) is 0. The molecule has 6 rings (SSSR count). The van der Waals surface area contributed by atoms with Crippen LogP contribution in [0.25, 0.3) is 11.8 Å². The lowest BCUT2D eigenvalue weighted by Gasteiger charge is -2.45. The van der Waals surface area contributed by atoms with Gasteiger partial charge in [-0.2, -0.15) is 23.4 Å². The van der Waals surface area contributed by atoms with E-state index in [9.17, 15) is 30.8 Å². The number of pyridine rings is 1. The fourth-order valence-electron chi connectivity index (χ4n) is 5.76. The molecule has 0 N–H and O–H groups in total. The van der Waals surface area contributed by atoms with E-state index in [0.29, 0.717) is 34.8 Å². The Morgan fingerprint density at radius 3 is 2.40 bits per heavy atom. The molecule has 0 unspecified atom stereocenters. The van der Waals surface area contributed by atoms with E-state index >= 15 is 4.39 Å². The van der Waals surface area contributed by atoms with Crippen LogP contribution in [0.3, 0.4) is 0 Å². The van der Waals surface area contributed by atoms with Crippen molar-refractivity contribution in [3.8, 4) is 5.69 Å². The zero-order valence-electron chi connectivity index (χ0n) is 21.9. The summed E-state index contributed by atoms with van der Waals surface area (Å²) in [5.41, 5.74) is -1.28. The Hall–Kier alpha value is -4.20. The van der Waals surface area contributed by atoms with Gasteiger partial charge < -0.3 is 0 Å². The summed E-state index contributed by atoms with van der Waals surface area (Å²) in [7, 11) is -3.21. The highest BCUT2D eigenvalue weighted by atomic mass is 32.2. The van der Waals surface area contributed by atoms with Crippen molar-refractivity contribution in [3.05, 3.63) is 95.0 Å². The summed E-state index contributed by atoms with van der Waals surface area (Å²) in [5.74, 6) is -1.26. The maximum Gasteiger partial charge on any atom is 0.417 e. The molecule has 2 aliphatic rings. The first kappa shape index (κ1) is 27.9. The van der Waals surface area contributed by atoms with Gasteiger partial charge in [0.15, 0.2) is 10.8 Å². The molecule has 0 bridgehead atoms. The smallest absolute Gasteiger partial charge is 0.291 e. The molecule has 0 saturated heterocycles. The van der Waals surface area contributed by atoms with Gasteiger partial charge in [0.1, 0.15) is 11.5 Å². The number of aromatic nitrogens is 5. The third kappa shape index (κ3) is 4.35. The third-order valence-corrected chi connectivity index (χ3v) is 9.99. The SMILES string of the molecule is Cn1ccc(S(=O)(=O)[C@@]2(F)CCC3=Cc4c(cnn4-c4ccc(F)cc4)C[C@]3(C(=O)c3ccc(C(F)(F)F)cn3)C2)n1. The molecule has 42 heavy (non-hydrogen) atoms. The Bertz CT molecular complexity index is 1850. The van der Waals surface area contributed by atoms with Crippen LogP contribution in [0.15, 0.2) is 71.7 Å². The Labute approximate surface area is 236 Å². The number of hydrogen-bond donors (Lipinski definition) is 0. The molecule has 1 aromatic carbocycles. The lowest BCUT2D eigenvalue weighted by molar-refractivity contribution is -0.137. The number of hydrogen-bond acceptors (Lipinski definition) is 6. The molecule has 0 spiro atoms. The topological polar surface area (TPSA) is 99.7 Å². The number of carbonyl (C=O) groups is 1. The number of fused-ring (bicyclic) bond motifs is 2. The number of benzene rings is 1. The predicted molar refractivity (Wildman–Crippen MR) is 139 cm³/mol. The first-order chi connectivity index (χ1) is 19.7. The monoisotopic (exact) mass is 603 g/mol. The molecule has 8 nitrogen and oxygen atoms in total. The van der Waals surface area contributed by atoms with E-state index < -0.39 is 61.5 Å². The third-order valence-electron chi connectivity index (χ3n) is 7.91. The molecule has 2 aliphatic carbocycles. The van der Waals surface area contributed by atoms with E-state index in [4.69, 9.17) is 0 Å². The van der Waals surface area contributed by atoms with Gasteiger partial charge in [-0.3, -0.25) is 14.5 Å². The molecule has 0 radical (unpaired) electrons. The number of aryl methyl sites for hydroxylation is 1. The Morgan fingerprint density at radius 2 is 1.79 bits per heavy atom. The molecule has 1 saturated carbocycles. The minimum atomic E-state index is -4.69. The van der Waals surface area contributed by atoms with Gasteiger partial charge in [0.2, 0.25) is 14.8 Å². The van der Waals surface area contributed by atoms with Crippen LogP contribution >= 0.6 is 0 Å². The van der Waals surface area contributed by atoms with Crippen molar-refractivity contribution in [3.63, 3.8) is 0 Å². The summed E-state index contributed by atoms with van der Waals surface area (Å²) in [4.78, 5) is 17.9. The van der Waals surface area contributed by atoms with Crippen LogP contribution in [0.4, 0.5) is 22.0 Å². The van der Waals surface area contributed by atoms with E-state index in [0.717, 1.165) is 6.07 Å². The number of nitrogens with zero attached hydrogens (tertiary/aromatic N) is 5. The van der Waals surface area contributed by atoms with Crippen molar-refractivity contribution < 1.29 is 35.2 Å². The first-order valence-corrected chi connectivity index (χ1v) is 14.3. The lowest BCUT2D eigenvalue weighted by Crippen LogP contribution is -2.50. The van der Waals surface area contributed by atoms with Crippen molar-refractivity contribution in [1.29, 1.82) is 0 Å². The van der Waals surface area contributed by atoms with Crippen molar-refractivity contribution in [2.75, 3.05) is 0 Å². The van der Waals surface area contributed by atoms with Crippen LogP contribution in [0, 0.1) is 11.2 Å². The number of alkyl halides is 4. The summed E-state index contributed by atoms with van der Waals surface area (Å²) < 4.78 is 99.7. The second-order valence-electron chi connectivity index (χ2n) is 10.5. The highest BCUT2D eigenvalue weighted by molar-refractivity contribution is 7.92. The normalized spacial score (nSPS) is 22.3. The second-order valence-corrected chi connectivity index (χ2v) is 12.7. The molecule has 0 aliphatic heterocycles. The molecule has 218 valence electrons. The number of sulfone groups is 1. The fourth-order valence-corrected chi connectivity index (χ4v) is 7.42. The molecule has 14 heteroatoms. The Kier molecular flexibility index (Phi) is 6.26. The summed E-state index contributed by atoms with van der Waals surface area (Å²) in [6, 6.07) is 8.31. The van der Waals surface area contributed by atoms with E-state index in [-0.39, 0.29) is 18.5 Å². The maximum absolute atomic E-state index is 16.8. The fraction of sp³-hybridized carbons (Fsp3) is 0.286. The van der Waals surface area contributed by atoms with Crippen LogP contribution in [-0.4, -0.2) is 43.7 Å². The van der Waals surface area contributed by atoms with E-state index in [1.165, 1.54) is 59.1 Å². The van der Waals surface area contributed by atoms with Crippen molar-refractivity contribution in [1.82, 2.24) is 24.5 Å². The van der Waals surface area contributed by atoms with Gasteiger partial charge in [0.25, 0.3) is 0 Å². The first-order valence-electron chi connectivity index (χ1n) is 12.8. The van der Waals surface area contributed by atoms with Gasteiger partial charge >= 0.3 is 6.18 Å². The average Bonchev–Trinajstić information content (AvgIpc) is 3.57. The van der Waals surface area contributed by atoms with Crippen LogP contribution in [0.5, 0.6) is 0 Å². The summed E-state index contributed by atoms with van der Waals surface area (Å²) in [6.07, 6.45) is -1.35. The largest absolute Gasteiger partial charge is 0.417 e. The van der Waals surface area contributed by atoms with Crippen molar-refractivity contribution in [2.24, 2.45) is 12.5 Å². The molecule has 1 fully saturated rings. The van der Waals surface area contributed by atoms with Gasteiger partial charge in [0, 0.05) is 32.3 Å². The number of ketones is 1. The quantitative estimate of drug-likeness (QED) is 0.227. The molecule has 2 atom stereocenters. The number of rotatable bonds is 5. The van der Waals surface area contributed by atoms with Gasteiger partial charge in [-0.15, -0.1) is 0 Å². The van der Waals surface area contributed by atoms with Crippen LogP contribution in [0.1, 0.15) is 46.6 Å². The average molecular weight is 604 g/mol. The molecule has 4 aromatic rings. The second kappa shape index (κ2) is 9.41. The molecular formula is C28H22F5N5O3S. The lowest BCUT2D eigenvalue weighted by atomic mass is 9.61. The van der Waals surface area contributed by atoms with Crippen LogP contribution in [0.2, 0.25) is 0 Å². The van der Waals surface area contributed by atoms with Gasteiger partial charge in [0.05, 0.1) is 28.6 Å². The Morgan fingerprint density at radius 1 is 1.05 bits per heavy atom. The minimum Gasteiger partial charge on any atom is -0.291 e. The van der Waals surface area contributed by atoms with Gasteiger partial charge in [-0.05, 0) is 66.9 Å². The molecule has 3 heterocycles. The highest BCUT2D eigenvalue weighted by Gasteiger charge is 2.60. The van der Waals surface area contributed by atoms with Crippen LogP contribution in [-0.2, 0) is 29.5 Å². The van der Waals surface area contributed by atoms with Gasteiger partial charge in [-0.25, -0.2) is 21.9 Å². The number of carbonyl (C=O) groups excluding carboxylic acids is 1. The maximum atomic E-state index is 16.8. The summed E-state index contributed by atoms with van der Waals surface area (Å²) >= 11 is 0. The van der Waals surface area contributed by atoms with E-state index in [2.05, 4.69) is 15.2 Å². The standard InChI is InChI=1S/C28H22F5N5O3S/c1-37-11-9-24(36-37)42(40,41)27(30)10-8-18-12-23-17(14-35-38(23)21-5-3-20(29)4-6-21)13-26(18,16-27)25(39)22-7-2-19(15-34-22)28(31,32)33/h2-7,9,11-12,14-15H,8,10,13,16H2,1H3/t26-,27-/m0/s1. The van der Waals surface area contributed by atoms with Crippen molar-refractivity contribution >= 4 is 21.7 Å². The molecule has 3 aromatic heterocycles. The minimum absolute atomic E-state index is 0.150. The Balaban J connectivity index is 1.48. The zero-order chi connectivity index (χ0) is 30.1. The molecular weight excluding hydrogens is 581 g/mol. The number of Topliss-reactive ketones (excluding diaryl/α,β-unsaturated/α-hetero) is 1. The molecule has 0 amide bonds. The highest BCUT2D eigenvalue weighted by Crippen LogP contribution is 2.56. The number of allylic oxidation sites excluding steroid dienone is 1. The zero-order valence-corrected chi connectivity index (χ0v) is 22.8. The van der Waals surface area contributed by atoms with E-state index in [1.807, 2.05) is 0 Å².